The molecule has 2 heterocycles. The molecule has 2 aromatic carbocycles. The number of piperidine rings is 1. The van der Waals surface area contributed by atoms with Crippen LogP contribution in [0.15, 0.2) is 59.2 Å². The van der Waals surface area contributed by atoms with Crippen LogP contribution in [0.3, 0.4) is 0 Å². The third-order valence-corrected chi connectivity index (χ3v) is 6.56. The van der Waals surface area contributed by atoms with Crippen LogP contribution in [0.4, 0.5) is 0 Å². The van der Waals surface area contributed by atoms with E-state index in [1.807, 2.05) is 24.4 Å². The van der Waals surface area contributed by atoms with Gasteiger partial charge in [0.25, 0.3) is 0 Å². The quantitative estimate of drug-likeness (QED) is 0.618. The van der Waals surface area contributed by atoms with E-state index in [0.717, 1.165) is 53.8 Å². The van der Waals surface area contributed by atoms with Gasteiger partial charge in [-0.15, -0.1) is 0 Å². The molecule has 0 saturated carbocycles. The van der Waals surface area contributed by atoms with Crippen molar-refractivity contribution in [1.82, 2.24) is 15.1 Å². The Bertz CT molecular complexity index is 990. The van der Waals surface area contributed by atoms with Gasteiger partial charge in [-0.1, -0.05) is 40.2 Å². The van der Waals surface area contributed by atoms with Gasteiger partial charge >= 0.3 is 0 Å². The van der Waals surface area contributed by atoms with Crippen molar-refractivity contribution in [2.45, 2.75) is 37.5 Å². The largest absolute Gasteiger partial charge is 0.483 e. The summed E-state index contributed by atoms with van der Waals surface area (Å²) in [6, 6.07) is 17.3. The molecule has 1 aliphatic heterocycles. The third-order valence-electron chi connectivity index (χ3n) is 6.07. The maximum atomic E-state index is 6.76. The van der Waals surface area contributed by atoms with Gasteiger partial charge in [-0.05, 0) is 61.2 Å². The van der Waals surface area contributed by atoms with Crippen LogP contribution in [-0.4, -0.2) is 40.3 Å². The van der Waals surface area contributed by atoms with Crippen LogP contribution in [0.5, 0.6) is 5.75 Å². The minimum Gasteiger partial charge on any atom is -0.483 e. The second kappa shape index (κ2) is 7.94. The maximum Gasteiger partial charge on any atom is 0.140 e. The fourth-order valence-corrected chi connectivity index (χ4v) is 5.05. The summed E-state index contributed by atoms with van der Waals surface area (Å²) < 4.78 is 7.76. The molecule has 2 unspecified atom stereocenters. The number of hydrogen-bond acceptors (Lipinski definition) is 4. The van der Waals surface area contributed by atoms with E-state index < -0.39 is 0 Å². The number of rotatable bonds is 4. The smallest absolute Gasteiger partial charge is 0.140 e. The number of likely N-dealkylation sites (tertiary alicyclic amines) is 1. The van der Waals surface area contributed by atoms with Gasteiger partial charge in [0.05, 0.1) is 11.7 Å². The first kappa shape index (κ1) is 18.9. The van der Waals surface area contributed by atoms with E-state index in [-0.39, 0.29) is 12.1 Å². The number of aromatic nitrogens is 2. The predicted octanol–water partition coefficient (Wildman–Crippen LogP) is 4.31. The fraction of sp³-hybridized carbons (Fsp3) is 0.348. The summed E-state index contributed by atoms with van der Waals surface area (Å²) >= 11 is 3.59. The van der Waals surface area contributed by atoms with Crippen molar-refractivity contribution in [3.05, 3.63) is 70.3 Å². The maximum absolute atomic E-state index is 6.76. The summed E-state index contributed by atoms with van der Waals surface area (Å²) in [5.41, 5.74) is 10.8. The lowest BCUT2D eigenvalue weighted by molar-refractivity contribution is 0.0596. The zero-order valence-electron chi connectivity index (χ0n) is 16.2. The number of halogens is 1. The summed E-state index contributed by atoms with van der Waals surface area (Å²) in [5, 5.41) is 7.28. The van der Waals surface area contributed by atoms with Crippen LogP contribution in [0.25, 0.3) is 11.3 Å². The molecular weight excluding hydrogens is 428 g/mol. The molecule has 0 radical (unpaired) electrons. The summed E-state index contributed by atoms with van der Waals surface area (Å²) in [6.07, 6.45) is 5.08. The van der Waals surface area contributed by atoms with Crippen LogP contribution >= 0.6 is 15.9 Å². The molecule has 1 aromatic heterocycles. The number of fused-ring (bicyclic) bond motifs is 1. The Balaban J connectivity index is 1.51. The number of aromatic amines is 1. The molecule has 5 nitrogen and oxygen atoms in total. The zero-order valence-corrected chi connectivity index (χ0v) is 17.8. The summed E-state index contributed by atoms with van der Waals surface area (Å²) in [4.78, 5) is 2.53. The molecule has 3 N–H and O–H groups in total. The molecule has 150 valence electrons. The number of benzene rings is 2. The third kappa shape index (κ3) is 3.72. The molecule has 0 amide bonds. The van der Waals surface area contributed by atoms with Gasteiger partial charge in [-0.25, -0.2) is 0 Å². The van der Waals surface area contributed by atoms with Crippen molar-refractivity contribution < 1.29 is 4.74 Å². The molecule has 3 aromatic rings. The van der Waals surface area contributed by atoms with Gasteiger partial charge in [0, 0.05) is 28.8 Å². The lowest BCUT2D eigenvalue weighted by Crippen LogP contribution is -2.49. The number of nitrogens with zero attached hydrogens (tertiary/aromatic N) is 2. The van der Waals surface area contributed by atoms with Crippen molar-refractivity contribution >= 4 is 15.9 Å². The van der Waals surface area contributed by atoms with Crippen molar-refractivity contribution in [1.29, 1.82) is 0 Å². The predicted molar refractivity (Wildman–Crippen MR) is 118 cm³/mol. The number of nitrogens with two attached hydrogens (primary N) is 1. The minimum absolute atomic E-state index is 0.0182. The van der Waals surface area contributed by atoms with E-state index in [4.69, 9.17) is 10.5 Å². The second-order valence-corrected chi connectivity index (χ2v) is 8.92. The highest BCUT2D eigenvalue weighted by Gasteiger charge is 2.39. The average molecular weight is 453 g/mol. The van der Waals surface area contributed by atoms with E-state index in [0.29, 0.717) is 6.04 Å². The Morgan fingerprint density at radius 1 is 1.17 bits per heavy atom. The normalized spacial score (nSPS) is 24.4. The summed E-state index contributed by atoms with van der Waals surface area (Å²) in [6.45, 7) is 2.02. The minimum atomic E-state index is -0.0182. The fourth-order valence-electron chi connectivity index (χ4n) is 4.69. The summed E-state index contributed by atoms with van der Waals surface area (Å²) in [5.74, 6) is 0.855. The topological polar surface area (TPSA) is 67.2 Å². The molecule has 6 heteroatoms. The summed E-state index contributed by atoms with van der Waals surface area (Å²) in [7, 11) is 0. The highest BCUT2D eigenvalue weighted by atomic mass is 79.9. The Hall–Kier alpha value is -2.15. The van der Waals surface area contributed by atoms with Crippen LogP contribution in [0.2, 0.25) is 0 Å². The van der Waals surface area contributed by atoms with E-state index in [1.165, 1.54) is 11.1 Å². The zero-order chi connectivity index (χ0) is 19.8. The van der Waals surface area contributed by atoms with Gasteiger partial charge in [0.2, 0.25) is 0 Å². The number of ether oxygens (including phenoxy) is 1. The lowest BCUT2D eigenvalue weighted by Gasteiger charge is -2.38. The van der Waals surface area contributed by atoms with Gasteiger partial charge in [0.1, 0.15) is 11.9 Å². The first-order valence-corrected chi connectivity index (χ1v) is 11.0. The van der Waals surface area contributed by atoms with Crippen LogP contribution in [-0.2, 0) is 6.42 Å². The molecule has 1 saturated heterocycles. The molecule has 0 spiro atoms. The first-order valence-electron chi connectivity index (χ1n) is 10.2. The first-order chi connectivity index (χ1) is 14.2. The van der Waals surface area contributed by atoms with Gasteiger partial charge in [0.15, 0.2) is 0 Å². The van der Waals surface area contributed by atoms with Gasteiger partial charge < -0.3 is 10.5 Å². The van der Waals surface area contributed by atoms with Crippen molar-refractivity contribution in [2.75, 3.05) is 13.1 Å². The number of hydrogen-bond donors (Lipinski definition) is 2. The molecule has 1 aliphatic carbocycles. The number of nitrogens with one attached hydrogen (secondary N) is 1. The lowest BCUT2D eigenvalue weighted by atomic mass is 10.0. The second-order valence-electron chi connectivity index (χ2n) is 8.01. The Labute approximate surface area is 179 Å². The SMILES string of the molecule is N[C@@H]1CCCN(C2Cc3ccccc3C2Oc2ccc(Br)cc2-c2cc[nH]n2)C1. The van der Waals surface area contributed by atoms with Crippen molar-refractivity contribution in [2.24, 2.45) is 5.73 Å². The van der Waals surface area contributed by atoms with Crippen LogP contribution in [0.1, 0.15) is 30.1 Å². The highest BCUT2D eigenvalue weighted by molar-refractivity contribution is 9.10. The van der Waals surface area contributed by atoms with Gasteiger partial charge in [-0.3, -0.25) is 10.00 Å². The highest BCUT2D eigenvalue weighted by Crippen LogP contribution is 2.41. The molecule has 0 bridgehead atoms. The standard InChI is InChI=1S/C23H25BrN4O/c24-16-7-8-22(19(13-16)20-9-10-26-27-20)29-23-18-6-2-1-4-15(18)12-21(23)28-11-3-5-17(25)14-28/h1-2,4,6-10,13,17,21,23H,3,5,11-12,14,25H2,(H,26,27)/t17-,21?,23?/m1/s1. The Kier molecular flexibility index (Phi) is 5.16. The molecule has 2 aliphatic rings. The van der Waals surface area contributed by atoms with E-state index >= 15 is 0 Å². The van der Waals surface area contributed by atoms with Crippen molar-refractivity contribution in [3.8, 4) is 17.0 Å². The van der Waals surface area contributed by atoms with Crippen LogP contribution in [0, 0.1) is 0 Å². The Morgan fingerprint density at radius 3 is 2.90 bits per heavy atom. The van der Waals surface area contributed by atoms with Crippen molar-refractivity contribution in [3.63, 3.8) is 0 Å². The van der Waals surface area contributed by atoms with Crippen LogP contribution < -0.4 is 10.5 Å². The van der Waals surface area contributed by atoms with E-state index in [1.54, 1.807) is 0 Å². The molecule has 29 heavy (non-hydrogen) atoms. The molecule has 5 rings (SSSR count). The molecular formula is C23H25BrN4O. The van der Waals surface area contributed by atoms with E-state index in [2.05, 4.69) is 61.4 Å². The monoisotopic (exact) mass is 452 g/mol. The van der Waals surface area contributed by atoms with E-state index in [9.17, 15) is 0 Å². The number of H-pyrrole nitrogens is 1. The molecule has 3 atom stereocenters. The molecule has 1 fully saturated rings. The van der Waals surface area contributed by atoms with Gasteiger partial charge in [-0.2, -0.15) is 5.10 Å². The average Bonchev–Trinajstić information content (AvgIpc) is 3.38. The Morgan fingerprint density at radius 2 is 2.07 bits per heavy atom.